The molecule has 1 heterocycles. The van der Waals surface area contributed by atoms with Gasteiger partial charge in [0.05, 0.1) is 0 Å². The van der Waals surface area contributed by atoms with Gasteiger partial charge in [-0.3, -0.25) is 0 Å². The second-order valence-corrected chi connectivity index (χ2v) is 4.72. The van der Waals surface area contributed by atoms with Crippen LogP contribution in [0.25, 0.3) is 0 Å². The van der Waals surface area contributed by atoms with Crippen LogP contribution in [0.3, 0.4) is 0 Å². The Kier molecular flexibility index (Phi) is 4.40. The van der Waals surface area contributed by atoms with Crippen LogP contribution in [0.15, 0.2) is 18.2 Å². The van der Waals surface area contributed by atoms with Gasteiger partial charge >= 0.3 is 0 Å². The molecule has 3 N–H and O–H groups in total. The number of ether oxygens (including phenoxy) is 1. The molecule has 3 heteroatoms. The molecule has 0 radical (unpaired) electrons. The molecule has 0 saturated carbocycles. The first kappa shape index (κ1) is 12.4. The smallest absolute Gasteiger partial charge is 0.122 e. The van der Waals surface area contributed by atoms with Crippen LogP contribution in [0.4, 0.5) is 0 Å². The third-order valence-electron chi connectivity index (χ3n) is 3.21. The number of rotatable bonds is 4. The van der Waals surface area contributed by atoms with Gasteiger partial charge in [0.25, 0.3) is 0 Å². The summed E-state index contributed by atoms with van der Waals surface area (Å²) >= 11 is 0. The molecule has 0 atom stereocenters. The van der Waals surface area contributed by atoms with Gasteiger partial charge in [-0.25, -0.2) is 0 Å². The summed E-state index contributed by atoms with van der Waals surface area (Å²) in [6.07, 6.45) is 3.43. The molecule has 0 bridgehead atoms. The second-order valence-electron chi connectivity index (χ2n) is 4.72. The summed E-state index contributed by atoms with van der Waals surface area (Å²) in [5, 5.41) is 3.35. The van der Waals surface area contributed by atoms with Crippen molar-refractivity contribution in [3.8, 4) is 5.75 Å². The molecule has 1 aromatic carbocycles. The monoisotopic (exact) mass is 234 g/mol. The lowest BCUT2D eigenvalue weighted by atomic mass is 10.1. The summed E-state index contributed by atoms with van der Waals surface area (Å²) in [4.78, 5) is 0. The predicted molar refractivity (Wildman–Crippen MR) is 70.5 cm³/mol. The zero-order valence-corrected chi connectivity index (χ0v) is 10.5. The van der Waals surface area contributed by atoms with Crippen molar-refractivity contribution < 1.29 is 4.74 Å². The molecule has 94 valence electrons. The number of benzene rings is 1. The van der Waals surface area contributed by atoms with E-state index in [0.29, 0.717) is 12.6 Å². The summed E-state index contributed by atoms with van der Waals surface area (Å²) < 4.78 is 6.10. The minimum absolute atomic E-state index is 0.357. The average Bonchev–Trinajstić information content (AvgIpc) is 2.34. The quantitative estimate of drug-likeness (QED) is 0.832. The van der Waals surface area contributed by atoms with E-state index in [9.17, 15) is 0 Å². The Hall–Kier alpha value is -1.06. The maximum Gasteiger partial charge on any atom is 0.122 e. The Balaban J connectivity index is 2.07. The topological polar surface area (TPSA) is 47.3 Å². The molecule has 0 spiro atoms. The number of hydrogen-bond donors (Lipinski definition) is 2. The Labute approximate surface area is 103 Å². The lowest BCUT2D eigenvalue weighted by Gasteiger charge is -2.25. The summed E-state index contributed by atoms with van der Waals surface area (Å²) in [7, 11) is 0. The van der Waals surface area contributed by atoms with Crippen LogP contribution in [0.2, 0.25) is 0 Å². The normalized spacial score (nSPS) is 17.1. The molecule has 17 heavy (non-hydrogen) atoms. The number of aryl methyl sites for hydroxylation is 1. The van der Waals surface area contributed by atoms with Gasteiger partial charge in [-0.15, -0.1) is 0 Å². The minimum atomic E-state index is 0.357. The van der Waals surface area contributed by atoms with Crippen LogP contribution in [-0.4, -0.2) is 25.7 Å². The fraction of sp³-hybridized carbons (Fsp3) is 0.571. The minimum Gasteiger partial charge on any atom is -0.490 e. The van der Waals surface area contributed by atoms with E-state index in [2.05, 4.69) is 30.4 Å². The molecule has 1 aliphatic rings. The predicted octanol–water partition coefficient (Wildman–Crippen LogP) is 1.63. The third-order valence-corrected chi connectivity index (χ3v) is 3.21. The summed E-state index contributed by atoms with van der Waals surface area (Å²) in [5.41, 5.74) is 8.16. The van der Waals surface area contributed by atoms with E-state index < -0.39 is 0 Å². The number of hydrogen-bond acceptors (Lipinski definition) is 3. The van der Waals surface area contributed by atoms with Gasteiger partial charge in [-0.05, 0) is 57.5 Å². The Bertz CT molecular complexity index is 359. The van der Waals surface area contributed by atoms with E-state index in [1.165, 1.54) is 11.1 Å². The molecule has 0 amide bonds. The average molecular weight is 234 g/mol. The van der Waals surface area contributed by atoms with Gasteiger partial charge in [0.2, 0.25) is 0 Å². The molecule has 2 rings (SSSR count). The van der Waals surface area contributed by atoms with E-state index in [1.807, 2.05) is 0 Å². The van der Waals surface area contributed by atoms with Gasteiger partial charge in [-0.2, -0.15) is 0 Å². The van der Waals surface area contributed by atoms with E-state index in [1.54, 1.807) is 0 Å². The molecule has 0 unspecified atom stereocenters. The highest BCUT2D eigenvalue weighted by atomic mass is 16.5. The van der Waals surface area contributed by atoms with Gasteiger partial charge in [0, 0.05) is 0 Å². The molecule has 1 fully saturated rings. The largest absolute Gasteiger partial charge is 0.490 e. The highest BCUT2D eigenvalue weighted by Crippen LogP contribution is 2.23. The van der Waals surface area contributed by atoms with Crippen molar-refractivity contribution in [3.05, 3.63) is 29.3 Å². The van der Waals surface area contributed by atoms with Crippen LogP contribution in [0.1, 0.15) is 24.0 Å². The molecule has 1 saturated heterocycles. The maximum atomic E-state index is 6.10. The summed E-state index contributed by atoms with van der Waals surface area (Å²) in [6.45, 7) is 4.89. The standard InChI is InChI=1S/C14H22N2O/c1-11-2-3-14(12(10-11)4-7-15)17-13-5-8-16-9-6-13/h2-3,10,13,16H,4-9,15H2,1H3. The number of nitrogens with two attached hydrogens (primary N) is 1. The molecule has 1 aromatic rings. The van der Waals surface area contributed by atoms with Gasteiger partial charge in [0.1, 0.15) is 11.9 Å². The molecule has 1 aliphatic heterocycles. The SMILES string of the molecule is Cc1ccc(OC2CCNCC2)c(CCN)c1. The van der Waals surface area contributed by atoms with E-state index >= 15 is 0 Å². The van der Waals surface area contributed by atoms with Crippen molar-refractivity contribution in [2.24, 2.45) is 5.73 Å². The van der Waals surface area contributed by atoms with Crippen LogP contribution >= 0.6 is 0 Å². The Morgan fingerprint density at radius 3 is 2.82 bits per heavy atom. The first-order chi connectivity index (χ1) is 8.29. The molecular weight excluding hydrogens is 212 g/mol. The Morgan fingerprint density at radius 1 is 1.35 bits per heavy atom. The third kappa shape index (κ3) is 3.45. The molecule has 0 aromatic heterocycles. The van der Waals surface area contributed by atoms with Crippen LogP contribution in [0.5, 0.6) is 5.75 Å². The Morgan fingerprint density at radius 2 is 2.12 bits per heavy atom. The van der Waals surface area contributed by atoms with Crippen molar-refractivity contribution in [1.29, 1.82) is 0 Å². The highest BCUT2D eigenvalue weighted by molar-refractivity contribution is 5.37. The van der Waals surface area contributed by atoms with E-state index in [4.69, 9.17) is 10.5 Å². The second kappa shape index (κ2) is 6.03. The van der Waals surface area contributed by atoms with Crippen molar-refractivity contribution in [2.75, 3.05) is 19.6 Å². The summed E-state index contributed by atoms with van der Waals surface area (Å²) in [5.74, 6) is 1.02. The van der Waals surface area contributed by atoms with Gasteiger partial charge in [-0.1, -0.05) is 17.7 Å². The first-order valence-electron chi connectivity index (χ1n) is 6.46. The first-order valence-corrected chi connectivity index (χ1v) is 6.46. The fourth-order valence-electron chi connectivity index (χ4n) is 2.27. The lowest BCUT2D eigenvalue weighted by Crippen LogP contribution is -2.34. The van der Waals surface area contributed by atoms with Crippen molar-refractivity contribution in [2.45, 2.75) is 32.3 Å². The zero-order chi connectivity index (χ0) is 12.1. The highest BCUT2D eigenvalue weighted by Gasteiger charge is 2.15. The number of nitrogens with one attached hydrogen (secondary N) is 1. The van der Waals surface area contributed by atoms with Crippen molar-refractivity contribution in [1.82, 2.24) is 5.32 Å². The van der Waals surface area contributed by atoms with E-state index in [-0.39, 0.29) is 0 Å². The molecular formula is C14H22N2O. The van der Waals surface area contributed by atoms with E-state index in [0.717, 1.165) is 38.1 Å². The molecule has 3 nitrogen and oxygen atoms in total. The van der Waals surface area contributed by atoms with Crippen molar-refractivity contribution in [3.63, 3.8) is 0 Å². The molecule has 0 aliphatic carbocycles. The lowest BCUT2D eigenvalue weighted by molar-refractivity contribution is 0.161. The zero-order valence-electron chi connectivity index (χ0n) is 10.5. The van der Waals surface area contributed by atoms with Crippen molar-refractivity contribution >= 4 is 0 Å². The van der Waals surface area contributed by atoms with Crippen LogP contribution in [-0.2, 0) is 6.42 Å². The number of piperidine rings is 1. The summed E-state index contributed by atoms with van der Waals surface area (Å²) in [6, 6.07) is 6.38. The van der Waals surface area contributed by atoms with Gasteiger partial charge < -0.3 is 15.8 Å². The maximum absolute atomic E-state index is 6.10. The van der Waals surface area contributed by atoms with Gasteiger partial charge in [0.15, 0.2) is 0 Å². The van der Waals surface area contributed by atoms with Crippen LogP contribution < -0.4 is 15.8 Å². The fourth-order valence-corrected chi connectivity index (χ4v) is 2.27. The van der Waals surface area contributed by atoms with Crippen LogP contribution in [0, 0.1) is 6.92 Å².